The van der Waals surface area contributed by atoms with Crippen molar-refractivity contribution in [1.29, 1.82) is 0 Å². The smallest absolute Gasteiger partial charge is 0.137 e. The largest absolute Gasteiger partial charge is 0.378 e. The van der Waals surface area contributed by atoms with Gasteiger partial charge in [0.15, 0.2) is 0 Å². The molecule has 0 saturated carbocycles. The van der Waals surface area contributed by atoms with Gasteiger partial charge in [-0.05, 0) is 42.7 Å². The third-order valence-corrected chi connectivity index (χ3v) is 5.10. The van der Waals surface area contributed by atoms with Gasteiger partial charge in [-0.2, -0.15) is 0 Å². The first-order valence-corrected chi connectivity index (χ1v) is 7.95. The maximum atomic E-state index is 13.8. The van der Waals surface area contributed by atoms with Gasteiger partial charge in [-0.25, -0.2) is 4.39 Å². The first-order valence-electron chi connectivity index (χ1n) is 6.59. The third kappa shape index (κ3) is 2.65. The normalized spacial score (nSPS) is 17.6. The Balaban J connectivity index is 1.89. The predicted octanol–water partition coefficient (Wildman–Crippen LogP) is 5.44. The van der Waals surface area contributed by atoms with Crippen LogP contribution in [0.25, 0.3) is 0 Å². The molecule has 0 fully saturated rings. The average molecular weight is 308 g/mol. The van der Waals surface area contributed by atoms with Gasteiger partial charge < -0.3 is 5.32 Å². The average Bonchev–Trinajstić information content (AvgIpc) is 2.44. The molecule has 0 bridgehead atoms. The fourth-order valence-corrected chi connectivity index (χ4v) is 3.74. The van der Waals surface area contributed by atoms with Gasteiger partial charge in [0.1, 0.15) is 5.82 Å². The van der Waals surface area contributed by atoms with Crippen LogP contribution in [0, 0.1) is 12.7 Å². The molecule has 1 nitrogen and oxygen atoms in total. The lowest BCUT2D eigenvalue weighted by Gasteiger charge is -2.27. The molecule has 4 heteroatoms. The molecule has 1 aliphatic rings. The Morgan fingerprint density at radius 1 is 1.30 bits per heavy atom. The van der Waals surface area contributed by atoms with Crippen LogP contribution in [0.1, 0.15) is 23.6 Å². The highest BCUT2D eigenvalue weighted by Crippen LogP contribution is 2.39. The van der Waals surface area contributed by atoms with Crippen LogP contribution in [0.2, 0.25) is 5.02 Å². The Kier molecular flexibility index (Phi) is 3.90. The molecule has 2 aromatic rings. The summed E-state index contributed by atoms with van der Waals surface area (Å²) in [6.07, 6.45) is 0.979. The molecule has 0 amide bonds. The summed E-state index contributed by atoms with van der Waals surface area (Å²) in [5.41, 5.74) is 3.08. The van der Waals surface area contributed by atoms with Crippen molar-refractivity contribution >= 4 is 29.1 Å². The number of hydrogen-bond donors (Lipinski definition) is 1. The Bertz CT molecular complexity index is 644. The minimum Gasteiger partial charge on any atom is -0.378 e. The van der Waals surface area contributed by atoms with Crippen molar-refractivity contribution in [1.82, 2.24) is 0 Å². The molecule has 1 unspecified atom stereocenters. The number of anilines is 1. The summed E-state index contributed by atoms with van der Waals surface area (Å²) in [5, 5.41) is 4.22. The molecular weight excluding hydrogens is 293 g/mol. The topological polar surface area (TPSA) is 12.0 Å². The van der Waals surface area contributed by atoms with Gasteiger partial charge in [0.2, 0.25) is 0 Å². The molecule has 1 aliphatic heterocycles. The zero-order valence-electron chi connectivity index (χ0n) is 11.1. The minimum absolute atomic E-state index is 0.124. The van der Waals surface area contributed by atoms with E-state index in [1.165, 1.54) is 6.07 Å². The van der Waals surface area contributed by atoms with E-state index in [1.54, 1.807) is 17.8 Å². The van der Waals surface area contributed by atoms with Crippen LogP contribution < -0.4 is 5.32 Å². The monoisotopic (exact) mass is 307 g/mol. The van der Waals surface area contributed by atoms with Crippen molar-refractivity contribution in [2.24, 2.45) is 0 Å². The first kappa shape index (κ1) is 13.8. The standard InChI is InChI=1S/C16H15ClFNS/c1-10-5-6-11(9-13(10)17)19-15-7-8-20-16-12(15)3-2-4-14(16)18/h2-6,9,15,19H,7-8H2,1H3. The highest BCUT2D eigenvalue weighted by molar-refractivity contribution is 7.99. The Morgan fingerprint density at radius 3 is 2.95 bits per heavy atom. The number of benzene rings is 2. The third-order valence-electron chi connectivity index (χ3n) is 3.54. The fourth-order valence-electron chi connectivity index (χ4n) is 2.42. The molecule has 0 aromatic heterocycles. The Hall–Kier alpha value is -1.19. The van der Waals surface area contributed by atoms with Crippen LogP contribution in [0.15, 0.2) is 41.3 Å². The van der Waals surface area contributed by atoms with E-state index in [4.69, 9.17) is 11.6 Å². The van der Waals surface area contributed by atoms with Gasteiger partial charge in [-0.1, -0.05) is 29.8 Å². The van der Waals surface area contributed by atoms with E-state index in [0.717, 1.165) is 38.9 Å². The van der Waals surface area contributed by atoms with Crippen molar-refractivity contribution < 1.29 is 4.39 Å². The molecule has 20 heavy (non-hydrogen) atoms. The lowest BCUT2D eigenvalue weighted by atomic mass is 10.0. The maximum absolute atomic E-state index is 13.8. The van der Waals surface area contributed by atoms with Crippen molar-refractivity contribution in [2.75, 3.05) is 11.1 Å². The predicted molar refractivity (Wildman–Crippen MR) is 84.3 cm³/mol. The Labute approximate surface area is 127 Å². The molecule has 1 atom stereocenters. The number of hydrogen-bond acceptors (Lipinski definition) is 2. The highest BCUT2D eigenvalue weighted by Gasteiger charge is 2.22. The van der Waals surface area contributed by atoms with E-state index in [1.807, 2.05) is 31.2 Å². The van der Waals surface area contributed by atoms with Crippen LogP contribution >= 0.6 is 23.4 Å². The van der Waals surface area contributed by atoms with Gasteiger partial charge in [-0.3, -0.25) is 0 Å². The summed E-state index contributed by atoms with van der Waals surface area (Å²) in [7, 11) is 0. The fraction of sp³-hybridized carbons (Fsp3) is 0.250. The van der Waals surface area contributed by atoms with Gasteiger partial charge in [0.25, 0.3) is 0 Å². The maximum Gasteiger partial charge on any atom is 0.137 e. The Morgan fingerprint density at radius 2 is 2.15 bits per heavy atom. The number of halogens is 2. The number of rotatable bonds is 2. The van der Waals surface area contributed by atoms with Crippen LogP contribution in [0.4, 0.5) is 10.1 Å². The number of aryl methyl sites for hydroxylation is 1. The second-order valence-corrected chi connectivity index (χ2v) is 6.47. The molecule has 1 heterocycles. The van der Waals surface area contributed by atoms with Crippen molar-refractivity contribution in [3.05, 3.63) is 58.4 Å². The molecule has 3 rings (SSSR count). The van der Waals surface area contributed by atoms with Gasteiger partial charge in [0.05, 0.1) is 6.04 Å². The second kappa shape index (κ2) is 5.66. The van der Waals surface area contributed by atoms with Crippen molar-refractivity contribution in [2.45, 2.75) is 24.3 Å². The van der Waals surface area contributed by atoms with E-state index in [-0.39, 0.29) is 11.9 Å². The summed E-state index contributed by atoms with van der Waals surface area (Å²) in [5.74, 6) is 0.798. The molecule has 0 aliphatic carbocycles. The lowest BCUT2D eigenvalue weighted by molar-refractivity contribution is 0.585. The molecule has 104 valence electrons. The van der Waals surface area contributed by atoms with Gasteiger partial charge in [-0.15, -0.1) is 11.8 Å². The van der Waals surface area contributed by atoms with E-state index in [2.05, 4.69) is 5.32 Å². The van der Waals surface area contributed by atoms with Crippen molar-refractivity contribution in [3.8, 4) is 0 Å². The van der Waals surface area contributed by atoms with Gasteiger partial charge >= 0.3 is 0 Å². The summed E-state index contributed by atoms with van der Waals surface area (Å²) in [6.45, 7) is 1.98. The molecule has 1 N–H and O–H groups in total. The van der Waals surface area contributed by atoms with Crippen molar-refractivity contribution in [3.63, 3.8) is 0 Å². The zero-order valence-corrected chi connectivity index (χ0v) is 12.7. The second-order valence-electron chi connectivity index (χ2n) is 4.96. The summed E-state index contributed by atoms with van der Waals surface area (Å²) in [4.78, 5) is 0.773. The molecule has 0 saturated heterocycles. The summed E-state index contributed by atoms with van der Waals surface area (Å²) >= 11 is 7.75. The molecule has 0 radical (unpaired) electrons. The van der Waals surface area contributed by atoms with E-state index >= 15 is 0 Å². The number of thioether (sulfide) groups is 1. The SMILES string of the molecule is Cc1ccc(NC2CCSc3c(F)cccc32)cc1Cl. The quantitative estimate of drug-likeness (QED) is 0.793. The van der Waals surface area contributed by atoms with Crippen LogP contribution in [0.5, 0.6) is 0 Å². The zero-order chi connectivity index (χ0) is 14.1. The highest BCUT2D eigenvalue weighted by atomic mass is 35.5. The summed E-state index contributed by atoms with van der Waals surface area (Å²) < 4.78 is 13.8. The summed E-state index contributed by atoms with van der Waals surface area (Å²) in [6, 6.07) is 11.4. The van der Waals surface area contributed by atoms with E-state index < -0.39 is 0 Å². The minimum atomic E-state index is -0.124. The lowest BCUT2D eigenvalue weighted by Crippen LogP contribution is -2.16. The van der Waals surface area contributed by atoms with Crippen LogP contribution in [0.3, 0.4) is 0 Å². The van der Waals surface area contributed by atoms with Crippen LogP contribution in [-0.2, 0) is 0 Å². The molecular formula is C16H15ClFNS. The molecule has 2 aromatic carbocycles. The van der Waals surface area contributed by atoms with Crippen LogP contribution in [-0.4, -0.2) is 5.75 Å². The number of nitrogens with one attached hydrogen (secondary N) is 1. The first-order chi connectivity index (χ1) is 9.65. The number of fused-ring (bicyclic) bond motifs is 1. The van der Waals surface area contributed by atoms with Gasteiger partial charge in [0, 0.05) is 21.4 Å². The van der Waals surface area contributed by atoms with E-state index in [9.17, 15) is 4.39 Å². The molecule has 0 spiro atoms. The van der Waals surface area contributed by atoms with E-state index in [0.29, 0.717) is 0 Å².